The van der Waals surface area contributed by atoms with Gasteiger partial charge in [0.05, 0.1) is 52.9 Å². The van der Waals surface area contributed by atoms with Crippen LogP contribution in [0.1, 0.15) is 0 Å². The number of hydrogen-bond acceptors (Lipinski definition) is 10. The van der Waals surface area contributed by atoms with Crippen LogP contribution in [0.4, 0.5) is 0 Å². The topological polar surface area (TPSA) is 153 Å². The van der Waals surface area contributed by atoms with Crippen LogP contribution in [0, 0.1) is 0 Å². The second kappa shape index (κ2) is 12.9. The summed E-state index contributed by atoms with van der Waals surface area (Å²) in [4.78, 5) is 0. The van der Waals surface area contributed by atoms with E-state index in [4.69, 9.17) is 34.5 Å². The maximum Gasteiger partial charge on any atom is 0.186 e. The molecule has 10 heteroatoms. The summed E-state index contributed by atoms with van der Waals surface area (Å²) < 4.78 is 26.1. The Morgan fingerprint density at radius 3 is 1.83 bits per heavy atom. The van der Waals surface area contributed by atoms with Gasteiger partial charge in [-0.2, -0.15) is 0 Å². The molecule has 144 valence electrons. The summed E-state index contributed by atoms with van der Waals surface area (Å²) in [7, 11) is 0. The van der Waals surface area contributed by atoms with Gasteiger partial charge in [-0.15, -0.1) is 0 Å². The third-order valence-electron chi connectivity index (χ3n) is 3.36. The van der Waals surface area contributed by atoms with Crippen LogP contribution >= 0.6 is 0 Å². The third-order valence-corrected chi connectivity index (χ3v) is 3.36. The lowest BCUT2D eigenvalue weighted by atomic mass is 9.99. The highest BCUT2D eigenvalue weighted by Crippen LogP contribution is 2.21. The van der Waals surface area contributed by atoms with E-state index in [1.807, 2.05) is 0 Å². The molecule has 1 aliphatic rings. The van der Waals surface area contributed by atoms with Gasteiger partial charge < -0.3 is 49.8 Å². The molecule has 10 nitrogen and oxygen atoms in total. The van der Waals surface area contributed by atoms with Gasteiger partial charge in [0.2, 0.25) is 0 Å². The van der Waals surface area contributed by atoms with E-state index in [1.54, 1.807) is 0 Å². The van der Waals surface area contributed by atoms with Gasteiger partial charge in [-0.3, -0.25) is 0 Å². The first-order valence-electron chi connectivity index (χ1n) is 7.97. The minimum absolute atomic E-state index is 0.113. The van der Waals surface area contributed by atoms with Gasteiger partial charge in [-0.1, -0.05) is 0 Å². The molecule has 5 unspecified atom stereocenters. The predicted octanol–water partition coefficient (Wildman–Crippen LogP) is -3.19. The summed E-state index contributed by atoms with van der Waals surface area (Å²) in [5, 5.41) is 38.1. The van der Waals surface area contributed by atoms with Crippen LogP contribution in [-0.2, 0) is 23.7 Å². The minimum Gasteiger partial charge on any atom is -0.394 e. The van der Waals surface area contributed by atoms with Crippen LogP contribution in [0.15, 0.2) is 0 Å². The lowest BCUT2D eigenvalue weighted by molar-refractivity contribution is -0.302. The second-order valence-corrected chi connectivity index (χ2v) is 5.19. The van der Waals surface area contributed by atoms with E-state index >= 15 is 0 Å². The van der Waals surface area contributed by atoms with Crippen LogP contribution in [0.25, 0.3) is 0 Å². The zero-order chi connectivity index (χ0) is 17.8. The SMILES string of the molecule is NCCOCCOCCOCCOC1OC(CO)C(O)C(O)C1O. The van der Waals surface area contributed by atoms with Gasteiger partial charge in [-0.05, 0) is 0 Å². The Bertz CT molecular complexity index is 308. The fraction of sp³-hybridized carbons (Fsp3) is 1.00. The number of rotatable bonds is 13. The van der Waals surface area contributed by atoms with Crippen LogP contribution in [0.2, 0.25) is 0 Å². The zero-order valence-corrected chi connectivity index (χ0v) is 13.7. The largest absolute Gasteiger partial charge is 0.394 e. The van der Waals surface area contributed by atoms with Crippen molar-refractivity contribution in [2.45, 2.75) is 30.7 Å². The van der Waals surface area contributed by atoms with E-state index < -0.39 is 37.3 Å². The first-order valence-corrected chi connectivity index (χ1v) is 7.97. The molecule has 0 saturated carbocycles. The number of hydrogen-bond donors (Lipinski definition) is 5. The minimum atomic E-state index is -1.45. The number of ether oxygens (including phenoxy) is 5. The Morgan fingerprint density at radius 1 is 0.750 bits per heavy atom. The first kappa shape index (κ1) is 21.6. The Kier molecular flexibility index (Phi) is 11.6. The Labute approximate surface area is 141 Å². The van der Waals surface area contributed by atoms with Crippen molar-refractivity contribution in [1.82, 2.24) is 0 Å². The molecule has 0 aromatic rings. The van der Waals surface area contributed by atoms with E-state index in [-0.39, 0.29) is 13.2 Å². The van der Waals surface area contributed by atoms with Crippen molar-refractivity contribution in [2.75, 3.05) is 59.4 Å². The fourth-order valence-electron chi connectivity index (χ4n) is 2.05. The summed E-state index contributed by atoms with van der Waals surface area (Å²) in [6.45, 7) is 2.58. The van der Waals surface area contributed by atoms with Crippen molar-refractivity contribution < 1.29 is 44.1 Å². The predicted molar refractivity (Wildman–Crippen MR) is 81.2 cm³/mol. The van der Waals surface area contributed by atoms with Crippen molar-refractivity contribution in [3.05, 3.63) is 0 Å². The van der Waals surface area contributed by atoms with Crippen molar-refractivity contribution in [3.63, 3.8) is 0 Å². The summed E-state index contributed by atoms with van der Waals surface area (Å²) >= 11 is 0. The molecule has 0 spiro atoms. The first-order chi connectivity index (χ1) is 11.6. The van der Waals surface area contributed by atoms with E-state index in [2.05, 4.69) is 0 Å². The van der Waals surface area contributed by atoms with Gasteiger partial charge in [0.25, 0.3) is 0 Å². The molecule has 1 rings (SSSR count). The summed E-state index contributed by atoms with van der Waals surface area (Å²) in [5.41, 5.74) is 5.27. The van der Waals surface area contributed by atoms with E-state index in [0.29, 0.717) is 39.6 Å². The van der Waals surface area contributed by atoms with Gasteiger partial charge in [0, 0.05) is 6.54 Å². The summed E-state index contributed by atoms with van der Waals surface area (Å²) in [5.74, 6) is 0. The van der Waals surface area contributed by atoms with Crippen LogP contribution in [-0.4, -0.2) is 111 Å². The Morgan fingerprint density at radius 2 is 1.29 bits per heavy atom. The quantitative estimate of drug-likeness (QED) is 0.214. The summed E-state index contributed by atoms with van der Waals surface area (Å²) in [6.07, 6.45) is -6.37. The molecule has 1 aliphatic heterocycles. The van der Waals surface area contributed by atoms with Gasteiger partial charge in [0.1, 0.15) is 24.4 Å². The highest BCUT2D eigenvalue weighted by molar-refractivity contribution is 4.88. The van der Waals surface area contributed by atoms with Gasteiger partial charge >= 0.3 is 0 Å². The second-order valence-electron chi connectivity index (χ2n) is 5.19. The fourth-order valence-corrected chi connectivity index (χ4v) is 2.05. The maximum atomic E-state index is 9.76. The van der Waals surface area contributed by atoms with Crippen molar-refractivity contribution in [1.29, 1.82) is 0 Å². The lowest BCUT2D eigenvalue weighted by Crippen LogP contribution is -2.59. The number of aliphatic hydroxyl groups is 4. The van der Waals surface area contributed by atoms with E-state index in [0.717, 1.165) is 0 Å². The molecule has 24 heavy (non-hydrogen) atoms. The molecule has 5 atom stereocenters. The van der Waals surface area contributed by atoms with Gasteiger partial charge in [0.15, 0.2) is 6.29 Å². The molecule has 1 heterocycles. The normalized spacial score (nSPS) is 30.6. The average Bonchev–Trinajstić information content (AvgIpc) is 2.59. The molecule has 0 bridgehead atoms. The molecule has 0 aromatic heterocycles. The van der Waals surface area contributed by atoms with Crippen LogP contribution < -0.4 is 5.73 Å². The lowest BCUT2D eigenvalue weighted by Gasteiger charge is -2.39. The molecular weight excluding hydrogens is 326 g/mol. The zero-order valence-electron chi connectivity index (χ0n) is 13.7. The molecular formula is C14H29NO9. The molecule has 0 aromatic carbocycles. The highest BCUT2D eigenvalue weighted by Gasteiger charge is 2.43. The summed E-state index contributed by atoms with van der Waals surface area (Å²) in [6, 6.07) is 0. The van der Waals surface area contributed by atoms with Crippen LogP contribution in [0.5, 0.6) is 0 Å². The monoisotopic (exact) mass is 355 g/mol. The van der Waals surface area contributed by atoms with Crippen LogP contribution in [0.3, 0.4) is 0 Å². The maximum absolute atomic E-state index is 9.76. The van der Waals surface area contributed by atoms with E-state index in [1.165, 1.54) is 0 Å². The van der Waals surface area contributed by atoms with Crippen molar-refractivity contribution >= 4 is 0 Å². The number of aliphatic hydroxyl groups excluding tert-OH is 4. The van der Waals surface area contributed by atoms with Gasteiger partial charge in [-0.25, -0.2) is 0 Å². The third kappa shape index (κ3) is 7.66. The molecule has 0 amide bonds. The molecule has 1 saturated heterocycles. The molecule has 0 radical (unpaired) electrons. The molecule has 0 aliphatic carbocycles. The average molecular weight is 355 g/mol. The highest BCUT2D eigenvalue weighted by atomic mass is 16.7. The smallest absolute Gasteiger partial charge is 0.186 e. The Balaban J connectivity index is 2.02. The molecule has 1 fully saturated rings. The van der Waals surface area contributed by atoms with Crippen molar-refractivity contribution in [2.24, 2.45) is 5.73 Å². The van der Waals surface area contributed by atoms with E-state index in [9.17, 15) is 15.3 Å². The standard InChI is InChI=1S/C14H29NO9/c15-1-2-20-3-4-21-5-6-22-7-8-23-14-13(19)12(18)11(17)10(9-16)24-14/h10-14,16-19H,1-9,15H2. The number of nitrogens with two attached hydrogens (primary N) is 1. The molecule has 6 N–H and O–H groups in total. The Hall–Kier alpha value is -0.400. The van der Waals surface area contributed by atoms with Crippen molar-refractivity contribution in [3.8, 4) is 0 Å².